The minimum Gasteiger partial charge on any atom is -0.289 e. The third-order valence-electron chi connectivity index (χ3n) is 3.28. The van der Waals surface area contributed by atoms with Crippen LogP contribution in [0.5, 0.6) is 0 Å². The highest BCUT2D eigenvalue weighted by atomic mass is 15.4. The van der Waals surface area contributed by atoms with E-state index in [1.807, 2.05) is 0 Å². The fourth-order valence-corrected chi connectivity index (χ4v) is 2.35. The molecule has 1 fully saturated rings. The van der Waals surface area contributed by atoms with Gasteiger partial charge in [-0.05, 0) is 25.9 Å². The molecule has 0 aromatic carbocycles. The normalized spacial score (nSPS) is 25.1. The van der Waals surface area contributed by atoms with Crippen molar-refractivity contribution in [1.82, 2.24) is 9.80 Å². The molecule has 2 nitrogen and oxygen atoms in total. The number of unbranched alkanes of at least 4 members (excludes halogenated alkanes) is 2. The van der Waals surface area contributed by atoms with Gasteiger partial charge in [-0.3, -0.25) is 9.80 Å². The van der Waals surface area contributed by atoms with Crippen molar-refractivity contribution in [3.8, 4) is 0 Å². The molecule has 14 heavy (non-hydrogen) atoms. The van der Waals surface area contributed by atoms with Crippen LogP contribution in [0.1, 0.15) is 40.0 Å². The Labute approximate surface area is 89.3 Å². The lowest BCUT2D eigenvalue weighted by molar-refractivity contribution is 0.238. The first-order chi connectivity index (χ1) is 6.65. The average molecular weight is 198 g/mol. The van der Waals surface area contributed by atoms with Crippen molar-refractivity contribution in [2.24, 2.45) is 5.92 Å². The zero-order valence-corrected chi connectivity index (χ0v) is 10.3. The van der Waals surface area contributed by atoms with Crippen LogP contribution in [-0.4, -0.2) is 42.6 Å². The van der Waals surface area contributed by atoms with Gasteiger partial charge in [-0.1, -0.05) is 33.6 Å². The molecule has 0 aromatic heterocycles. The zero-order chi connectivity index (χ0) is 10.6. The first-order valence-corrected chi connectivity index (χ1v) is 6.07. The fraction of sp³-hybridized carbons (Fsp3) is 1.00. The van der Waals surface area contributed by atoms with Crippen LogP contribution >= 0.6 is 0 Å². The van der Waals surface area contributed by atoms with Crippen LogP contribution in [0, 0.1) is 5.92 Å². The van der Waals surface area contributed by atoms with Crippen molar-refractivity contribution in [2.75, 3.05) is 26.8 Å². The molecule has 0 saturated carbocycles. The van der Waals surface area contributed by atoms with E-state index in [1.165, 1.54) is 39.0 Å². The molecule has 0 radical (unpaired) electrons. The van der Waals surface area contributed by atoms with Crippen molar-refractivity contribution in [1.29, 1.82) is 0 Å². The van der Waals surface area contributed by atoms with E-state index in [0.29, 0.717) is 0 Å². The second kappa shape index (κ2) is 5.72. The highest BCUT2D eigenvalue weighted by Crippen LogP contribution is 2.18. The number of rotatable bonds is 5. The molecular weight excluding hydrogens is 172 g/mol. The Bertz CT molecular complexity index is 156. The maximum atomic E-state index is 2.60. The Balaban J connectivity index is 2.24. The van der Waals surface area contributed by atoms with E-state index in [9.17, 15) is 0 Å². The topological polar surface area (TPSA) is 6.48 Å². The number of hydrogen-bond donors (Lipinski definition) is 0. The molecule has 1 atom stereocenters. The van der Waals surface area contributed by atoms with Gasteiger partial charge in [0.15, 0.2) is 0 Å². The van der Waals surface area contributed by atoms with Gasteiger partial charge < -0.3 is 0 Å². The lowest BCUT2D eigenvalue weighted by Crippen LogP contribution is -2.31. The van der Waals surface area contributed by atoms with Gasteiger partial charge in [0.2, 0.25) is 0 Å². The van der Waals surface area contributed by atoms with Crippen molar-refractivity contribution >= 4 is 0 Å². The SMILES string of the molecule is CCCCCN1CC(C(C)C)N(C)C1. The predicted octanol–water partition coefficient (Wildman–Crippen LogP) is 2.41. The molecule has 1 heterocycles. The molecule has 0 spiro atoms. The van der Waals surface area contributed by atoms with Gasteiger partial charge in [-0.25, -0.2) is 0 Å². The summed E-state index contributed by atoms with van der Waals surface area (Å²) in [6.45, 7) is 10.7. The molecule has 1 aliphatic rings. The molecule has 1 saturated heterocycles. The highest BCUT2D eigenvalue weighted by Gasteiger charge is 2.28. The van der Waals surface area contributed by atoms with Gasteiger partial charge in [0.05, 0.1) is 6.67 Å². The van der Waals surface area contributed by atoms with Crippen LogP contribution in [0.4, 0.5) is 0 Å². The van der Waals surface area contributed by atoms with Gasteiger partial charge in [0.25, 0.3) is 0 Å². The molecule has 0 N–H and O–H groups in total. The number of likely N-dealkylation sites (N-methyl/N-ethyl adjacent to an activating group) is 1. The lowest BCUT2D eigenvalue weighted by atomic mass is 10.0. The molecule has 0 bridgehead atoms. The fourth-order valence-electron chi connectivity index (χ4n) is 2.35. The third kappa shape index (κ3) is 3.25. The Morgan fingerprint density at radius 3 is 2.50 bits per heavy atom. The quantitative estimate of drug-likeness (QED) is 0.626. The molecule has 1 rings (SSSR count). The minimum atomic E-state index is 0.775. The largest absolute Gasteiger partial charge is 0.289 e. The van der Waals surface area contributed by atoms with E-state index < -0.39 is 0 Å². The number of nitrogens with zero attached hydrogens (tertiary/aromatic N) is 2. The summed E-state index contributed by atoms with van der Waals surface area (Å²) in [4.78, 5) is 5.09. The summed E-state index contributed by atoms with van der Waals surface area (Å²) >= 11 is 0. The van der Waals surface area contributed by atoms with Gasteiger partial charge in [-0.15, -0.1) is 0 Å². The van der Waals surface area contributed by atoms with Crippen LogP contribution in [0.3, 0.4) is 0 Å². The summed E-state index contributed by atoms with van der Waals surface area (Å²) in [6, 6.07) is 0.775. The van der Waals surface area contributed by atoms with E-state index in [-0.39, 0.29) is 0 Å². The van der Waals surface area contributed by atoms with E-state index in [4.69, 9.17) is 0 Å². The maximum Gasteiger partial charge on any atom is 0.0507 e. The minimum absolute atomic E-state index is 0.775. The van der Waals surface area contributed by atoms with Crippen LogP contribution in [0.2, 0.25) is 0 Å². The van der Waals surface area contributed by atoms with Crippen molar-refractivity contribution < 1.29 is 0 Å². The summed E-state index contributed by atoms with van der Waals surface area (Å²) < 4.78 is 0. The Morgan fingerprint density at radius 2 is 2.00 bits per heavy atom. The average Bonchev–Trinajstić information content (AvgIpc) is 2.47. The molecule has 0 amide bonds. The second-order valence-corrected chi connectivity index (χ2v) is 4.99. The molecule has 0 aromatic rings. The van der Waals surface area contributed by atoms with Gasteiger partial charge in [0, 0.05) is 12.6 Å². The monoisotopic (exact) mass is 198 g/mol. The highest BCUT2D eigenvalue weighted by molar-refractivity contribution is 4.82. The molecule has 0 aliphatic carbocycles. The van der Waals surface area contributed by atoms with Crippen molar-refractivity contribution in [3.05, 3.63) is 0 Å². The van der Waals surface area contributed by atoms with Crippen molar-refractivity contribution in [3.63, 3.8) is 0 Å². The molecule has 84 valence electrons. The van der Waals surface area contributed by atoms with Crippen molar-refractivity contribution in [2.45, 2.75) is 46.1 Å². The zero-order valence-electron chi connectivity index (χ0n) is 10.3. The first kappa shape index (κ1) is 12.0. The Kier molecular flexibility index (Phi) is 4.90. The predicted molar refractivity (Wildman–Crippen MR) is 62.4 cm³/mol. The van der Waals surface area contributed by atoms with E-state index in [0.717, 1.165) is 12.0 Å². The lowest BCUT2D eigenvalue weighted by Gasteiger charge is -2.21. The summed E-state index contributed by atoms with van der Waals surface area (Å²) in [5.74, 6) is 0.788. The summed E-state index contributed by atoms with van der Waals surface area (Å²) in [5.41, 5.74) is 0. The Morgan fingerprint density at radius 1 is 1.29 bits per heavy atom. The number of hydrogen-bond acceptors (Lipinski definition) is 2. The van der Waals surface area contributed by atoms with Crippen LogP contribution in [0.15, 0.2) is 0 Å². The van der Waals surface area contributed by atoms with Crippen LogP contribution in [-0.2, 0) is 0 Å². The van der Waals surface area contributed by atoms with Gasteiger partial charge in [-0.2, -0.15) is 0 Å². The summed E-state index contributed by atoms with van der Waals surface area (Å²) in [5, 5.41) is 0. The molecule has 2 heteroatoms. The second-order valence-electron chi connectivity index (χ2n) is 4.99. The third-order valence-corrected chi connectivity index (χ3v) is 3.28. The van der Waals surface area contributed by atoms with Crippen LogP contribution < -0.4 is 0 Å². The van der Waals surface area contributed by atoms with Gasteiger partial charge in [0.1, 0.15) is 0 Å². The smallest absolute Gasteiger partial charge is 0.0507 e. The summed E-state index contributed by atoms with van der Waals surface area (Å²) in [7, 11) is 2.25. The summed E-state index contributed by atoms with van der Waals surface area (Å²) in [6.07, 6.45) is 4.08. The standard InChI is InChI=1S/C12H26N2/c1-5-6-7-8-14-9-12(11(2)3)13(4)10-14/h11-12H,5-10H2,1-4H3. The van der Waals surface area contributed by atoms with Crippen LogP contribution in [0.25, 0.3) is 0 Å². The van der Waals surface area contributed by atoms with E-state index >= 15 is 0 Å². The van der Waals surface area contributed by atoms with Gasteiger partial charge >= 0.3 is 0 Å². The molecule has 1 unspecified atom stereocenters. The maximum absolute atomic E-state index is 2.60. The van der Waals surface area contributed by atoms with E-state index in [2.05, 4.69) is 37.6 Å². The molecule has 1 aliphatic heterocycles. The Hall–Kier alpha value is -0.0800. The first-order valence-electron chi connectivity index (χ1n) is 6.07. The molecular formula is C12H26N2. The van der Waals surface area contributed by atoms with E-state index in [1.54, 1.807) is 0 Å².